The molecule has 0 radical (unpaired) electrons. The molecule has 0 atom stereocenters. The molecule has 0 unspecified atom stereocenters. The van der Waals surface area contributed by atoms with E-state index in [1.54, 1.807) is 26.0 Å². The molecular weight excluding hydrogens is 355 g/mol. The zero-order valence-corrected chi connectivity index (χ0v) is 16.9. The number of nitrogens with zero attached hydrogens (tertiary/aromatic N) is 2. The van der Waals surface area contributed by atoms with Crippen molar-refractivity contribution in [2.45, 2.75) is 38.4 Å². The molecule has 5 heteroatoms. The van der Waals surface area contributed by atoms with Crippen molar-refractivity contribution in [1.82, 2.24) is 4.90 Å². The minimum absolute atomic E-state index is 0.294. The van der Waals surface area contributed by atoms with Crippen LogP contribution < -0.4 is 4.90 Å². The molecule has 28 heavy (non-hydrogen) atoms. The van der Waals surface area contributed by atoms with E-state index in [0.717, 1.165) is 42.7 Å². The lowest BCUT2D eigenvalue weighted by Crippen LogP contribution is -2.46. The summed E-state index contributed by atoms with van der Waals surface area (Å²) in [6.45, 7) is 5.63. The maximum absolute atomic E-state index is 13.9. The molecule has 2 aromatic carbocycles. The van der Waals surface area contributed by atoms with Gasteiger partial charge in [-0.05, 0) is 62.1 Å². The number of hydrogen-bond donors (Lipinski definition) is 1. The Kier molecular flexibility index (Phi) is 6.04. The van der Waals surface area contributed by atoms with Crippen molar-refractivity contribution in [2.75, 3.05) is 31.6 Å². The van der Waals surface area contributed by atoms with E-state index in [1.807, 2.05) is 12.1 Å². The molecule has 150 valence electrons. The summed E-state index contributed by atoms with van der Waals surface area (Å²) in [6, 6.07) is 15.8. The quantitative estimate of drug-likeness (QED) is 0.784. The standard InChI is InChI=1S/C23H29FN2O2/c1-23(2,24)16-26-14-12-21(13-15-26)25(3)20-10-8-18(9-11-20)17-4-6-19(7-5-17)22(27)28/h4-11,21H,12-16H2,1-3H3,(H,27,28). The molecule has 4 nitrogen and oxygen atoms in total. The van der Waals surface area contributed by atoms with Crippen molar-refractivity contribution in [3.63, 3.8) is 0 Å². The number of rotatable bonds is 6. The summed E-state index contributed by atoms with van der Waals surface area (Å²) in [6.07, 6.45) is 2.07. The van der Waals surface area contributed by atoms with E-state index in [1.165, 1.54) is 0 Å². The zero-order chi connectivity index (χ0) is 20.3. The van der Waals surface area contributed by atoms with Crippen LogP contribution in [-0.2, 0) is 0 Å². The molecule has 0 aliphatic carbocycles. The van der Waals surface area contributed by atoms with Gasteiger partial charge in [-0.1, -0.05) is 24.3 Å². The predicted molar refractivity (Wildman–Crippen MR) is 112 cm³/mol. The van der Waals surface area contributed by atoms with Crippen molar-refractivity contribution < 1.29 is 14.3 Å². The molecule has 1 N–H and O–H groups in total. The van der Waals surface area contributed by atoms with Gasteiger partial charge in [-0.2, -0.15) is 0 Å². The summed E-state index contributed by atoms with van der Waals surface area (Å²) in [7, 11) is 2.12. The molecule has 0 spiro atoms. The summed E-state index contributed by atoms with van der Waals surface area (Å²) >= 11 is 0. The van der Waals surface area contributed by atoms with Gasteiger partial charge < -0.3 is 14.9 Å². The number of halogens is 1. The Hall–Kier alpha value is -2.40. The topological polar surface area (TPSA) is 43.8 Å². The number of carboxylic acid groups (broad SMARTS) is 1. The second-order valence-electron chi connectivity index (χ2n) is 8.27. The molecule has 3 rings (SSSR count). The average molecular weight is 384 g/mol. The van der Waals surface area contributed by atoms with Gasteiger partial charge in [0.05, 0.1) is 5.56 Å². The van der Waals surface area contributed by atoms with Gasteiger partial charge in [-0.15, -0.1) is 0 Å². The van der Waals surface area contributed by atoms with Crippen molar-refractivity contribution in [3.05, 3.63) is 54.1 Å². The third-order valence-corrected chi connectivity index (χ3v) is 5.44. The van der Waals surface area contributed by atoms with E-state index < -0.39 is 11.6 Å². The third kappa shape index (κ3) is 5.10. The Balaban J connectivity index is 1.61. The second-order valence-corrected chi connectivity index (χ2v) is 8.27. The summed E-state index contributed by atoms with van der Waals surface area (Å²) in [5, 5.41) is 9.01. The highest BCUT2D eigenvalue weighted by atomic mass is 19.1. The Morgan fingerprint density at radius 3 is 2.04 bits per heavy atom. The number of alkyl halides is 1. The number of aromatic carboxylic acids is 1. The first-order valence-corrected chi connectivity index (χ1v) is 9.81. The highest BCUT2D eigenvalue weighted by molar-refractivity contribution is 5.88. The highest BCUT2D eigenvalue weighted by Crippen LogP contribution is 2.27. The van der Waals surface area contributed by atoms with Crippen molar-refractivity contribution in [2.24, 2.45) is 0 Å². The summed E-state index contributed by atoms with van der Waals surface area (Å²) in [5.41, 5.74) is 2.38. The maximum Gasteiger partial charge on any atom is 0.335 e. The fraction of sp³-hybridized carbons (Fsp3) is 0.435. The smallest absolute Gasteiger partial charge is 0.335 e. The van der Waals surface area contributed by atoms with Crippen molar-refractivity contribution in [1.29, 1.82) is 0 Å². The van der Waals surface area contributed by atoms with Crippen LogP contribution in [0.3, 0.4) is 0 Å². The fourth-order valence-corrected chi connectivity index (χ4v) is 3.90. The van der Waals surface area contributed by atoms with Gasteiger partial charge in [-0.3, -0.25) is 0 Å². The molecule has 0 bridgehead atoms. The van der Waals surface area contributed by atoms with E-state index >= 15 is 0 Å². The number of piperidine rings is 1. The van der Waals surface area contributed by atoms with Crippen LogP contribution in [0, 0.1) is 0 Å². The number of carboxylic acids is 1. The van der Waals surface area contributed by atoms with Gasteiger partial charge in [-0.25, -0.2) is 9.18 Å². The number of carbonyl (C=O) groups is 1. The average Bonchev–Trinajstić information content (AvgIpc) is 2.67. The SMILES string of the molecule is CN(c1ccc(-c2ccc(C(=O)O)cc2)cc1)C1CCN(CC(C)(C)F)CC1. The lowest BCUT2D eigenvalue weighted by molar-refractivity contribution is 0.0697. The predicted octanol–water partition coefficient (Wildman–Crippen LogP) is 4.70. The Bertz CT molecular complexity index is 789. The van der Waals surface area contributed by atoms with Gasteiger partial charge in [0.25, 0.3) is 0 Å². The second kappa shape index (κ2) is 8.31. The van der Waals surface area contributed by atoms with Crippen LogP contribution in [0.15, 0.2) is 48.5 Å². The van der Waals surface area contributed by atoms with Gasteiger partial charge in [0, 0.05) is 38.4 Å². The molecule has 0 aromatic heterocycles. The first-order chi connectivity index (χ1) is 13.2. The summed E-state index contributed by atoms with van der Waals surface area (Å²) < 4.78 is 13.9. The van der Waals surface area contributed by atoms with E-state index in [4.69, 9.17) is 5.11 Å². The Labute approximate surface area is 166 Å². The lowest BCUT2D eigenvalue weighted by atomic mass is 10.00. The van der Waals surface area contributed by atoms with E-state index in [0.29, 0.717) is 18.2 Å². The fourth-order valence-electron chi connectivity index (χ4n) is 3.90. The summed E-state index contributed by atoms with van der Waals surface area (Å²) in [5.74, 6) is -0.912. The largest absolute Gasteiger partial charge is 0.478 e. The van der Waals surface area contributed by atoms with Crippen LogP contribution in [-0.4, -0.2) is 54.4 Å². The van der Waals surface area contributed by atoms with E-state index in [9.17, 15) is 9.18 Å². The highest BCUT2D eigenvalue weighted by Gasteiger charge is 2.27. The van der Waals surface area contributed by atoms with Crippen LogP contribution in [0.1, 0.15) is 37.0 Å². The lowest BCUT2D eigenvalue weighted by Gasteiger charge is -2.39. The van der Waals surface area contributed by atoms with Crippen LogP contribution in [0.5, 0.6) is 0 Å². The van der Waals surface area contributed by atoms with Gasteiger partial charge in [0.1, 0.15) is 5.67 Å². The van der Waals surface area contributed by atoms with Gasteiger partial charge in [0.15, 0.2) is 0 Å². The number of benzene rings is 2. The van der Waals surface area contributed by atoms with Crippen LogP contribution in [0.25, 0.3) is 11.1 Å². The minimum atomic E-state index is -1.14. The molecule has 1 heterocycles. The Morgan fingerprint density at radius 2 is 1.57 bits per heavy atom. The summed E-state index contributed by atoms with van der Waals surface area (Å²) in [4.78, 5) is 15.5. The molecule has 1 fully saturated rings. The first kappa shape index (κ1) is 20.3. The van der Waals surface area contributed by atoms with Crippen molar-refractivity contribution >= 4 is 11.7 Å². The van der Waals surface area contributed by atoms with Crippen molar-refractivity contribution in [3.8, 4) is 11.1 Å². The molecular formula is C23H29FN2O2. The van der Waals surface area contributed by atoms with E-state index in [-0.39, 0.29) is 0 Å². The number of hydrogen-bond acceptors (Lipinski definition) is 3. The monoisotopic (exact) mass is 384 g/mol. The molecule has 1 aliphatic rings. The van der Waals surface area contributed by atoms with Gasteiger partial charge >= 0.3 is 5.97 Å². The van der Waals surface area contributed by atoms with E-state index in [2.05, 4.69) is 41.1 Å². The zero-order valence-electron chi connectivity index (χ0n) is 16.9. The normalized spacial score (nSPS) is 16.1. The van der Waals surface area contributed by atoms with Gasteiger partial charge in [0.2, 0.25) is 0 Å². The molecule has 1 saturated heterocycles. The number of likely N-dealkylation sites (tertiary alicyclic amines) is 1. The molecule has 0 saturated carbocycles. The third-order valence-electron chi connectivity index (χ3n) is 5.44. The minimum Gasteiger partial charge on any atom is -0.478 e. The van der Waals surface area contributed by atoms with Crippen LogP contribution in [0.2, 0.25) is 0 Å². The number of anilines is 1. The molecule has 1 aliphatic heterocycles. The van der Waals surface area contributed by atoms with Crippen LogP contribution in [0.4, 0.5) is 10.1 Å². The van der Waals surface area contributed by atoms with Crippen LogP contribution >= 0.6 is 0 Å². The molecule has 2 aromatic rings. The first-order valence-electron chi connectivity index (χ1n) is 9.81. The Morgan fingerprint density at radius 1 is 1.07 bits per heavy atom. The molecule has 0 amide bonds. The maximum atomic E-state index is 13.9.